The number of aromatic nitrogens is 2. The van der Waals surface area contributed by atoms with Gasteiger partial charge in [0.15, 0.2) is 0 Å². The molecule has 3 unspecified atom stereocenters. The van der Waals surface area contributed by atoms with Crippen molar-refractivity contribution in [1.82, 2.24) is 15.3 Å². The molecule has 1 aromatic heterocycles. The van der Waals surface area contributed by atoms with Crippen LogP contribution in [-0.4, -0.2) is 34.8 Å². The van der Waals surface area contributed by atoms with Gasteiger partial charge in [-0.1, -0.05) is 13.8 Å². The molecule has 0 aromatic carbocycles. The van der Waals surface area contributed by atoms with Gasteiger partial charge in [-0.3, -0.25) is 0 Å². The van der Waals surface area contributed by atoms with E-state index in [1.54, 1.807) is 0 Å². The predicted molar refractivity (Wildman–Crippen MR) is 83.6 cm³/mol. The summed E-state index contributed by atoms with van der Waals surface area (Å²) in [5, 5.41) is 3.46. The topological polar surface area (TPSA) is 47.0 Å². The maximum absolute atomic E-state index is 5.95. The van der Waals surface area contributed by atoms with E-state index in [9.17, 15) is 0 Å². The van der Waals surface area contributed by atoms with Gasteiger partial charge in [0.2, 0.25) is 0 Å². The van der Waals surface area contributed by atoms with E-state index < -0.39 is 0 Å². The van der Waals surface area contributed by atoms with Crippen LogP contribution in [-0.2, 0) is 11.2 Å². The zero-order valence-electron chi connectivity index (χ0n) is 13.6. The molecule has 2 fully saturated rings. The smallest absolute Gasteiger partial charge is 0.134 e. The van der Waals surface area contributed by atoms with Crippen LogP contribution in [0.3, 0.4) is 0 Å². The van der Waals surface area contributed by atoms with Crippen LogP contribution in [0.15, 0.2) is 0 Å². The Kier molecular flexibility index (Phi) is 4.27. The summed E-state index contributed by atoms with van der Waals surface area (Å²) in [7, 11) is 0. The van der Waals surface area contributed by atoms with Crippen molar-refractivity contribution in [3.05, 3.63) is 22.8 Å². The molecule has 4 heteroatoms. The number of fused-ring (bicyclic) bond motifs is 2. The summed E-state index contributed by atoms with van der Waals surface area (Å²) in [6.45, 7) is 9.58. The molecule has 2 aliphatic heterocycles. The van der Waals surface area contributed by atoms with Crippen molar-refractivity contribution < 1.29 is 4.74 Å². The number of nitrogens with one attached hydrogen (secondary N) is 1. The van der Waals surface area contributed by atoms with E-state index in [0.29, 0.717) is 24.2 Å². The maximum atomic E-state index is 5.95. The molecular formula is C17H27N3O. The lowest BCUT2D eigenvalue weighted by molar-refractivity contribution is 0.0998. The van der Waals surface area contributed by atoms with Crippen molar-refractivity contribution in [2.45, 2.75) is 77.5 Å². The lowest BCUT2D eigenvalue weighted by Crippen LogP contribution is -2.26. The lowest BCUT2D eigenvalue weighted by Gasteiger charge is -2.19. The second-order valence-corrected chi connectivity index (χ2v) is 6.81. The van der Waals surface area contributed by atoms with Gasteiger partial charge in [-0.15, -0.1) is 0 Å². The number of hydrogen-bond acceptors (Lipinski definition) is 4. The molecule has 3 atom stereocenters. The van der Waals surface area contributed by atoms with Crippen LogP contribution in [0.25, 0.3) is 0 Å². The Bertz CT molecular complexity index is 492. The van der Waals surface area contributed by atoms with Crippen LogP contribution in [0.5, 0.6) is 0 Å². The first-order valence-corrected chi connectivity index (χ1v) is 8.27. The number of nitrogens with zero attached hydrogens (tertiary/aromatic N) is 2. The molecule has 0 aliphatic carbocycles. The summed E-state index contributed by atoms with van der Waals surface area (Å²) in [4.78, 5) is 9.63. The van der Waals surface area contributed by atoms with E-state index in [-0.39, 0.29) is 0 Å². The van der Waals surface area contributed by atoms with Crippen molar-refractivity contribution in [1.29, 1.82) is 0 Å². The lowest BCUT2D eigenvalue weighted by atomic mass is 9.88. The highest BCUT2D eigenvalue weighted by Gasteiger charge is 2.43. The van der Waals surface area contributed by atoms with Crippen molar-refractivity contribution in [2.24, 2.45) is 0 Å². The highest BCUT2D eigenvalue weighted by Crippen LogP contribution is 2.43. The molecule has 3 rings (SSSR count). The van der Waals surface area contributed by atoms with Crippen LogP contribution < -0.4 is 5.32 Å². The first-order valence-electron chi connectivity index (χ1n) is 8.27. The van der Waals surface area contributed by atoms with Crippen LogP contribution in [0, 0.1) is 13.8 Å². The molecule has 1 aromatic rings. The van der Waals surface area contributed by atoms with Crippen molar-refractivity contribution >= 4 is 0 Å². The summed E-state index contributed by atoms with van der Waals surface area (Å²) in [5.74, 6) is 1.43. The van der Waals surface area contributed by atoms with E-state index in [1.165, 1.54) is 18.4 Å². The molecule has 0 amide bonds. The van der Waals surface area contributed by atoms with Crippen molar-refractivity contribution in [2.75, 3.05) is 6.54 Å². The first-order chi connectivity index (χ1) is 10.0. The Morgan fingerprint density at radius 1 is 1.19 bits per heavy atom. The highest BCUT2D eigenvalue weighted by atomic mass is 16.5. The maximum Gasteiger partial charge on any atom is 0.134 e. The summed E-state index contributed by atoms with van der Waals surface area (Å²) < 4.78 is 5.95. The van der Waals surface area contributed by atoms with Gasteiger partial charge in [0.25, 0.3) is 0 Å². The molecule has 2 aliphatic rings. The summed E-state index contributed by atoms with van der Waals surface area (Å²) in [5.41, 5.74) is 3.59. The van der Waals surface area contributed by atoms with Gasteiger partial charge in [-0.05, 0) is 51.6 Å². The fourth-order valence-electron chi connectivity index (χ4n) is 3.69. The minimum Gasteiger partial charge on any atom is -0.374 e. The van der Waals surface area contributed by atoms with E-state index in [2.05, 4.69) is 33.0 Å². The van der Waals surface area contributed by atoms with Gasteiger partial charge in [-0.2, -0.15) is 0 Å². The summed E-state index contributed by atoms with van der Waals surface area (Å²) >= 11 is 0. The summed E-state index contributed by atoms with van der Waals surface area (Å²) in [6.07, 6.45) is 5.33. The van der Waals surface area contributed by atoms with Gasteiger partial charge in [0.1, 0.15) is 5.82 Å². The third-order valence-electron chi connectivity index (χ3n) is 4.80. The number of rotatable bonds is 5. The fraction of sp³-hybridized carbons (Fsp3) is 0.765. The average molecular weight is 289 g/mol. The largest absolute Gasteiger partial charge is 0.374 e. The highest BCUT2D eigenvalue weighted by molar-refractivity contribution is 5.26. The van der Waals surface area contributed by atoms with Gasteiger partial charge < -0.3 is 10.1 Å². The predicted octanol–water partition coefficient (Wildman–Crippen LogP) is 2.67. The Morgan fingerprint density at radius 2 is 1.90 bits per heavy atom. The zero-order chi connectivity index (χ0) is 15.0. The Hall–Kier alpha value is -1.00. The van der Waals surface area contributed by atoms with Crippen LogP contribution in [0.2, 0.25) is 0 Å². The molecule has 1 N–H and O–H groups in total. The Morgan fingerprint density at radius 3 is 2.43 bits per heavy atom. The van der Waals surface area contributed by atoms with E-state index in [4.69, 9.17) is 14.7 Å². The summed E-state index contributed by atoms with van der Waals surface area (Å²) in [6, 6.07) is 0.525. The SMILES string of the molecule is Cc1nc(C2CC3CCC2O3)nc(C)c1CCNC(C)C. The van der Waals surface area contributed by atoms with Gasteiger partial charge in [-0.25, -0.2) is 9.97 Å². The first kappa shape index (κ1) is 14.9. The van der Waals surface area contributed by atoms with Crippen LogP contribution in [0.1, 0.15) is 61.8 Å². The standard InChI is InChI=1S/C17H27N3O/c1-10(2)18-8-7-14-11(3)19-17(20-12(14)4)15-9-13-5-6-16(15)21-13/h10,13,15-16,18H,5-9H2,1-4H3. The quantitative estimate of drug-likeness (QED) is 0.905. The molecule has 0 saturated carbocycles. The Labute approximate surface area is 127 Å². The number of ether oxygens (including phenoxy) is 1. The molecular weight excluding hydrogens is 262 g/mol. The van der Waals surface area contributed by atoms with Gasteiger partial charge >= 0.3 is 0 Å². The zero-order valence-corrected chi connectivity index (χ0v) is 13.6. The second kappa shape index (κ2) is 6.01. The van der Waals surface area contributed by atoms with Gasteiger partial charge in [0.05, 0.1) is 12.2 Å². The molecule has 2 saturated heterocycles. The van der Waals surface area contributed by atoms with Crippen LogP contribution in [0.4, 0.5) is 0 Å². The van der Waals surface area contributed by atoms with E-state index in [0.717, 1.165) is 36.6 Å². The molecule has 0 spiro atoms. The molecule has 116 valence electrons. The molecule has 21 heavy (non-hydrogen) atoms. The molecule has 0 radical (unpaired) electrons. The molecule has 2 bridgehead atoms. The third kappa shape index (κ3) is 3.11. The van der Waals surface area contributed by atoms with Gasteiger partial charge in [0, 0.05) is 23.3 Å². The van der Waals surface area contributed by atoms with Crippen molar-refractivity contribution in [3.8, 4) is 0 Å². The van der Waals surface area contributed by atoms with E-state index in [1.807, 2.05) is 0 Å². The molecule has 3 heterocycles. The monoisotopic (exact) mass is 289 g/mol. The minimum atomic E-state index is 0.363. The average Bonchev–Trinajstić information content (AvgIpc) is 3.03. The number of aryl methyl sites for hydroxylation is 2. The second-order valence-electron chi connectivity index (χ2n) is 6.81. The van der Waals surface area contributed by atoms with E-state index >= 15 is 0 Å². The fourth-order valence-corrected chi connectivity index (χ4v) is 3.69. The van der Waals surface area contributed by atoms with Crippen LogP contribution >= 0.6 is 0 Å². The van der Waals surface area contributed by atoms with Crippen molar-refractivity contribution in [3.63, 3.8) is 0 Å². The molecule has 4 nitrogen and oxygen atoms in total. The number of hydrogen-bond donors (Lipinski definition) is 1. The third-order valence-corrected chi connectivity index (χ3v) is 4.80. The normalized spacial score (nSPS) is 27.8. The Balaban J connectivity index is 1.73. The minimum absolute atomic E-state index is 0.363.